The van der Waals surface area contributed by atoms with Gasteiger partial charge in [0.1, 0.15) is 0 Å². The Kier molecular flexibility index (Phi) is 2.92. The van der Waals surface area contributed by atoms with Crippen molar-refractivity contribution in [3.05, 3.63) is 18.5 Å². The van der Waals surface area contributed by atoms with Crippen LogP contribution in [0.5, 0.6) is 0 Å². The highest BCUT2D eigenvalue weighted by Gasteiger charge is 2.42. The Morgan fingerprint density at radius 3 is 2.94 bits per heavy atom. The summed E-state index contributed by atoms with van der Waals surface area (Å²) in [6.07, 6.45) is 7.49. The highest BCUT2D eigenvalue weighted by Crippen LogP contribution is 2.38. The summed E-state index contributed by atoms with van der Waals surface area (Å²) >= 11 is 0. The maximum Gasteiger partial charge on any atom is 0.0711 e. The molecule has 94 valence electrons. The first kappa shape index (κ1) is 11.2. The number of likely N-dealkylation sites (tertiary alicyclic amines) is 1. The van der Waals surface area contributed by atoms with Gasteiger partial charge in [-0.15, -0.1) is 0 Å². The second-order valence-electron chi connectivity index (χ2n) is 5.60. The van der Waals surface area contributed by atoms with Crippen molar-refractivity contribution >= 4 is 0 Å². The van der Waals surface area contributed by atoms with Gasteiger partial charge in [0.15, 0.2) is 0 Å². The molecule has 17 heavy (non-hydrogen) atoms. The summed E-state index contributed by atoms with van der Waals surface area (Å²) in [5.74, 6) is 0.637. The fourth-order valence-electron chi connectivity index (χ4n) is 3.10. The SMILES string of the molecule is CN1CCC2(CC1)CC(Cn1cccn1)CO2. The Labute approximate surface area is 103 Å². The van der Waals surface area contributed by atoms with Crippen molar-refractivity contribution in [3.8, 4) is 0 Å². The lowest BCUT2D eigenvalue weighted by Crippen LogP contribution is -2.42. The average Bonchev–Trinajstić information content (AvgIpc) is 2.95. The molecule has 0 aromatic carbocycles. The summed E-state index contributed by atoms with van der Waals surface area (Å²) in [5, 5.41) is 4.28. The minimum absolute atomic E-state index is 0.185. The number of aromatic nitrogens is 2. The molecule has 4 nitrogen and oxygen atoms in total. The Balaban J connectivity index is 1.58. The van der Waals surface area contributed by atoms with Crippen LogP contribution in [0, 0.1) is 5.92 Å². The van der Waals surface area contributed by atoms with Crippen LogP contribution in [0.15, 0.2) is 18.5 Å². The highest BCUT2D eigenvalue weighted by molar-refractivity contribution is 4.93. The van der Waals surface area contributed by atoms with Crippen LogP contribution in [-0.2, 0) is 11.3 Å². The van der Waals surface area contributed by atoms with Crippen molar-refractivity contribution < 1.29 is 4.74 Å². The van der Waals surface area contributed by atoms with Gasteiger partial charge in [0, 0.05) is 37.9 Å². The van der Waals surface area contributed by atoms with E-state index in [9.17, 15) is 0 Å². The zero-order valence-corrected chi connectivity index (χ0v) is 10.5. The third-order valence-electron chi connectivity index (χ3n) is 4.19. The van der Waals surface area contributed by atoms with Crippen LogP contribution in [0.4, 0.5) is 0 Å². The number of hydrogen-bond donors (Lipinski definition) is 0. The first-order chi connectivity index (χ1) is 8.26. The number of ether oxygens (including phenoxy) is 1. The predicted octanol–water partition coefficient (Wildman–Crippen LogP) is 1.38. The Bertz CT molecular complexity index is 355. The van der Waals surface area contributed by atoms with Crippen LogP contribution >= 0.6 is 0 Å². The minimum Gasteiger partial charge on any atom is -0.375 e. The van der Waals surface area contributed by atoms with Gasteiger partial charge in [-0.05, 0) is 32.4 Å². The molecule has 0 radical (unpaired) electrons. The van der Waals surface area contributed by atoms with Crippen LogP contribution in [-0.4, -0.2) is 47.0 Å². The average molecular weight is 235 g/mol. The summed E-state index contributed by atoms with van der Waals surface area (Å²) in [4.78, 5) is 2.40. The van der Waals surface area contributed by atoms with Crippen LogP contribution in [0.3, 0.4) is 0 Å². The van der Waals surface area contributed by atoms with E-state index in [0.29, 0.717) is 5.92 Å². The molecule has 1 spiro atoms. The zero-order valence-electron chi connectivity index (χ0n) is 10.5. The van der Waals surface area contributed by atoms with Crippen LogP contribution in [0.25, 0.3) is 0 Å². The first-order valence-electron chi connectivity index (χ1n) is 6.56. The van der Waals surface area contributed by atoms with Crippen molar-refractivity contribution in [1.82, 2.24) is 14.7 Å². The second kappa shape index (κ2) is 4.42. The topological polar surface area (TPSA) is 30.3 Å². The summed E-state index contributed by atoms with van der Waals surface area (Å²) in [7, 11) is 2.20. The lowest BCUT2D eigenvalue weighted by molar-refractivity contribution is -0.0395. The van der Waals surface area contributed by atoms with E-state index in [-0.39, 0.29) is 5.60 Å². The van der Waals surface area contributed by atoms with Gasteiger partial charge in [-0.3, -0.25) is 4.68 Å². The molecule has 0 N–H and O–H groups in total. The fourth-order valence-corrected chi connectivity index (χ4v) is 3.10. The standard InChI is InChI=1S/C13H21N3O/c1-15-7-3-13(4-8-15)9-12(11-17-13)10-16-6-2-5-14-16/h2,5-6,12H,3-4,7-11H2,1H3. The van der Waals surface area contributed by atoms with Gasteiger partial charge in [-0.2, -0.15) is 5.10 Å². The zero-order chi connectivity index (χ0) is 11.7. The molecule has 1 unspecified atom stereocenters. The monoisotopic (exact) mass is 235 g/mol. The predicted molar refractivity (Wildman–Crippen MR) is 65.7 cm³/mol. The molecule has 1 aromatic heterocycles. The molecule has 2 aliphatic rings. The molecule has 1 aromatic rings. The molecule has 0 aliphatic carbocycles. The molecule has 3 heterocycles. The van der Waals surface area contributed by atoms with E-state index in [1.807, 2.05) is 23.1 Å². The maximum atomic E-state index is 6.12. The molecule has 0 bridgehead atoms. The summed E-state index contributed by atoms with van der Waals surface area (Å²) < 4.78 is 8.15. The van der Waals surface area contributed by atoms with E-state index in [2.05, 4.69) is 17.0 Å². The molecule has 0 amide bonds. The highest BCUT2D eigenvalue weighted by atomic mass is 16.5. The quantitative estimate of drug-likeness (QED) is 0.776. The molecule has 4 heteroatoms. The summed E-state index contributed by atoms with van der Waals surface area (Å²) in [6, 6.07) is 1.99. The normalized spacial score (nSPS) is 28.9. The first-order valence-corrected chi connectivity index (χ1v) is 6.56. The van der Waals surface area contributed by atoms with Gasteiger partial charge in [-0.25, -0.2) is 0 Å². The third kappa shape index (κ3) is 2.38. The summed E-state index contributed by atoms with van der Waals surface area (Å²) in [6.45, 7) is 4.26. The molecular formula is C13H21N3O. The van der Waals surface area contributed by atoms with E-state index in [4.69, 9.17) is 4.74 Å². The van der Waals surface area contributed by atoms with Gasteiger partial charge in [-0.1, -0.05) is 0 Å². The number of nitrogens with zero attached hydrogens (tertiary/aromatic N) is 3. The Hall–Kier alpha value is -0.870. The van der Waals surface area contributed by atoms with E-state index < -0.39 is 0 Å². The lowest BCUT2D eigenvalue weighted by Gasteiger charge is -2.37. The van der Waals surface area contributed by atoms with Gasteiger partial charge in [0.25, 0.3) is 0 Å². The fraction of sp³-hybridized carbons (Fsp3) is 0.769. The van der Waals surface area contributed by atoms with Crippen molar-refractivity contribution in [3.63, 3.8) is 0 Å². The van der Waals surface area contributed by atoms with E-state index >= 15 is 0 Å². The molecule has 1 atom stereocenters. The number of rotatable bonds is 2. The molecule has 3 rings (SSSR count). The molecule has 0 saturated carbocycles. The van der Waals surface area contributed by atoms with Gasteiger partial charge in [0.05, 0.1) is 12.2 Å². The van der Waals surface area contributed by atoms with Crippen molar-refractivity contribution in [2.75, 3.05) is 26.7 Å². The summed E-state index contributed by atoms with van der Waals surface area (Å²) in [5.41, 5.74) is 0.185. The Morgan fingerprint density at radius 2 is 2.24 bits per heavy atom. The Morgan fingerprint density at radius 1 is 1.41 bits per heavy atom. The van der Waals surface area contributed by atoms with Crippen molar-refractivity contribution in [1.29, 1.82) is 0 Å². The number of piperidine rings is 1. The van der Waals surface area contributed by atoms with Crippen molar-refractivity contribution in [2.45, 2.75) is 31.4 Å². The van der Waals surface area contributed by atoms with E-state index in [0.717, 1.165) is 13.2 Å². The van der Waals surface area contributed by atoms with E-state index in [1.165, 1.54) is 32.4 Å². The van der Waals surface area contributed by atoms with Crippen LogP contribution < -0.4 is 0 Å². The third-order valence-corrected chi connectivity index (χ3v) is 4.19. The van der Waals surface area contributed by atoms with Gasteiger partial charge in [0.2, 0.25) is 0 Å². The largest absolute Gasteiger partial charge is 0.375 e. The number of hydrogen-bond acceptors (Lipinski definition) is 3. The van der Waals surface area contributed by atoms with Crippen molar-refractivity contribution in [2.24, 2.45) is 5.92 Å². The molecule has 2 fully saturated rings. The van der Waals surface area contributed by atoms with Gasteiger partial charge < -0.3 is 9.64 Å². The van der Waals surface area contributed by atoms with Crippen LogP contribution in [0.1, 0.15) is 19.3 Å². The molecule has 2 aliphatic heterocycles. The van der Waals surface area contributed by atoms with Gasteiger partial charge >= 0.3 is 0 Å². The second-order valence-corrected chi connectivity index (χ2v) is 5.60. The van der Waals surface area contributed by atoms with E-state index in [1.54, 1.807) is 0 Å². The molecule has 2 saturated heterocycles. The van der Waals surface area contributed by atoms with Crippen LogP contribution in [0.2, 0.25) is 0 Å². The molecular weight excluding hydrogens is 214 g/mol. The smallest absolute Gasteiger partial charge is 0.0711 e. The minimum atomic E-state index is 0.185. The lowest BCUT2D eigenvalue weighted by atomic mass is 9.85. The maximum absolute atomic E-state index is 6.12.